The molecule has 1 aromatic carbocycles. The standard InChI is InChI=1S/C12H8N2O6/c15-11-7-3-1-2-4-8(7)20-12(13(11)16)9-5-6-10(19-9)14(17)18/h1-6,12,16H. The lowest BCUT2D eigenvalue weighted by atomic mass is 10.1. The average Bonchev–Trinajstić information content (AvgIpc) is 2.92. The summed E-state index contributed by atoms with van der Waals surface area (Å²) < 4.78 is 10.4. The molecule has 0 radical (unpaired) electrons. The monoisotopic (exact) mass is 276 g/mol. The molecule has 0 bridgehead atoms. The molecule has 1 unspecified atom stereocenters. The lowest BCUT2D eigenvalue weighted by Gasteiger charge is -2.30. The van der Waals surface area contributed by atoms with Crippen molar-refractivity contribution in [3.8, 4) is 5.75 Å². The van der Waals surface area contributed by atoms with E-state index in [0.717, 1.165) is 6.07 Å². The molecular weight excluding hydrogens is 268 g/mol. The number of nitro groups is 1. The zero-order valence-corrected chi connectivity index (χ0v) is 9.92. The Balaban J connectivity index is 1.99. The Labute approximate surface area is 111 Å². The van der Waals surface area contributed by atoms with Gasteiger partial charge in [0.1, 0.15) is 10.7 Å². The van der Waals surface area contributed by atoms with E-state index in [4.69, 9.17) is 9.15 Å². The Bertz CT molecular complexity index is 695. The summed E-state index contributed by atoms with van der Waals surface area (Å²) in [4.78, 5) is 21.8. The maximum Gasteiger partial charge on any atom is 0.433 e. The molecule has 1 amide bonds. The zero-order valence-electron chi connectivity index (χ0n) is 9.92. The van der Waals surface area contributed by atoms with Crippen LogP contribution < -0.4 is 4.74 Å². The number of carbonyl (C=O) groups excluding carboxylic acids is 1. The van der Waals surface area contributed by atoms with Crippen LogP contribution in [-0.4, -0.2) is 21.1 Å². The summed E-state index contributed by atoms with van der Waals surface area (Å²) in [6, 6.07) is 8.75. The lowest BCUT2D eigenvalue weighted by molar-refractivity contribution is -0.402. The van der Waals surface area contributed by atoms with Crippen LogP contribution in [0.15, 0.2) is 40.8 Å². The van der Waals surface area contributed by atoms with Crippen molar-refractivity contribution in [1.29, 1.82) is 0 Å². The quantitative estimate of drug-likeness (QED) is 0.511. The van der Waals surface area contributed by atoms with Crippen molar-refractivity contribution in [1.82, 2.24) is 5.06 Å². The molecule has 0 spiro atoms. The fourth-order valence-corrected chi connectivity index (χ4v) is 1.90. The molecule has 1 aliphatic heterocycles. The van der Waals surface area contributed by atoms with E-state index in [-0.39, 0.29) is 17.1 Å². The van der Waals surface area contributed by atoms with Crippen LogP contribution in [-0.2, 0) is 0 Å². The van der Waals surface area contributed by atoms with Crippen LogP contribution in [0.1, 0.15) is 22.3 Å². The van der Waals surface area contributed by atoms with Crippen molar-refractivity contribution in [2.24, 2.45) is 0 Å². The van der Waals surface area contributed by atoms with E-state index in [1.807, 2.05) is 0 Å². The number of amides is 1. The van der Waals surface area contributed by atoms with Crippen LogP contribution in [0.2, 0.25) is 0 Å². The molecule has 8 nitrogen and oxygen atoms in total. The number of nitrogens with zero attached hydrogens (tertiary/aromatic N) is 2. The molecule has 20 heavy (non-hydrogen) atoms. The minimum absolute atomic E-state index is 0.0398. The Kier molecular flexibility index (Phi) is 2.65. The highest BCUT2D eigenvalue weighted by Gasteiger charge is 2.36. The molecule has 1 atom stereocenters. The van der Waals surface area contributed by atoms with Gasteiger partial charge in [-0.25, -0.2) is 0 Å². The Hall–Kier alpha value is -2.87. The minimum atomic E-state index is -1.26. The van der Waals surface area contributed by atoms with E-state index in [9.17, 15) is 20.1 Å². The van der Waals surface area contributed by atoms with Gasteiger partial charge in [-0.2, -0.15) is 5.06 Å². The second-order valence-corrected chi connectivity index (χ2v) is 4.05. The van der Waals surface area contributed by atoms with Crippen molar-refractivity contribution >= 4 is 11.8 Å². The van der Waals surface area contributed by atoms with Crippen LogP contribution >= 0.6 is 0 Å². The van der Waals surface area contributed by atoms with E-state index in [2.05, 4.69) is 0 Å². The smallest absolute Gasteiger partial charge is 0.433 e. The van der Waals surface area contributed by atoms with Gasteiger partial charge in [0.2, 0.25) is 0 Å². The summed E-state index contributed by atoms with van der Waals surface area (Å²) in [7, 11) is 0. The number of hydrogen-bond donors (Lipinski definition) is 1. The Morgan fingerprint density at radius 3 is 2.70 bits per heavy atom. The fraction of sp³-hybridized carbons (Fsp3) is 0.0833. The van der Waals surface area contributed by atoms with Gasteiger partial charge in [-0.3, -0.25) is 20.1 Å². The van der Waals surface area contributed by atoms with E-state index in [1.165, 1.54) is 12.1 Å². The summed E-state index contributed by atoms with van der Waals surface area (Å²) in [5, 5.41) is 20.7. The van der Waals surface area contributed by atoms with Gasteiger partial charge in [-0.15, -0.1) is 0 Å². The van der Waals surface area contributed by atoms with Crippen LogP contribution in [0.3, 0.4) is 0 Å². The predicted molar refractivity (Wildman–Crippen MR) is 63.1 cm³/mol. The number of benzene rings is 1. The van der Waals surface area contributed by atoms with Crippen LogP contribution in [0.25, 0.3) is 0 Å². The first-order chi connectivity index (χ1) is 9.58. The molecule has 2 aromatic rings. The molecule has 8 heteroatoms. The van der Waals surface area contributed by atoms with Gasteiger partial charge in [0.25, 0.3) is 12.1 Å². The SMILES string of the molecule is O=C1c2ccccc2OC(c2ccc([N+](=O)[O-])o2)N1O. The second kappa shape index (κ2) is 4.35. The van der Waals surface area contributed by atoms with Gasteiger partial charge < -0.3 is 9.15 Å². The minimum Gasteiger partial charge on any atom is -0.460 e. The van der Waals surface area contributed by atoms with Gasteiger partial charge >= 0.3 is 5.88 Å². The van der Waals surface area contributed by atoms with E-state index >= 15 is 0 Å². The largest absolute Gasteiger partial charge is 0.460 e. The first kappa shape index (κ1) is 12.2. The van der Waals surface area contributed by atoms with Crippen molar-refractivity contribution in [3.05, 3.63) is 57.8 Å². The van der Waals surface area contributed by atoms with Gasteiger partial charge in [0.05, 0.1) is 11.6 Å². The number of rotatable bonds is 2. The summed E-state index contributed by atoms with van der Waals surface area (Å²) in [5.41, 5.74) is 0.201. The van der Waals surface area contributed by atoms with E-state index in [0.29, 0.717) is 5.06 Å². The maximum atomic E-state index is 12.0. The number of fused-ring (bicyclic) bond motifs is 1. The van der Waals surface area contributed by atoms with Crippen molar-refractivity contribution in [2.45, 2.75) is 6.23 Å². The molecule has 1 aliphatic rings. The van der Waals surface area contributed by atoms with Gasteiger partial charge in [0.15, 0.2) is 5.76 Å². The third-order valence-electron chi connectivity index (χ3n) is 2.82. The van der Waals surface area contributed by atoms with E-state index < -0.39 is 22.9 Å². The highest BCUT2D eigenvalue weighted by molar-refractivity contribution is 5.97. The van der Waals surface area contributed by atoms with Crippen LogP contribution in [0.5, 0.6) is 5.75 Å². The van der Waals surface area contributed by atoms with Crippen LogP contribution in [0, 0.1) is 10.1 Å². The molecule has 1 N–H and O–H groups in total. The number of ether oxygens (including phenoxy) is 1. The number of para-hydroxylation sites is 1. The molecule has 1 aromatic heterocycles. The summed E-state index contributed by atoms with van der Waals surface area (Å²) in [5.74, 6) is -0.937. The summed E-state index contributed by atoms with van der Waals surface area (Å²) in [6.45, 7) is 0. The number of hydroxylamine groups is 2. The highest BCUT2D eigenvalue weighted by atomic mass is 16.7. The topological polar surface area (TPSA) is 106 Å². The van der Waals surface area contributed by atoms with Gasteiger partial charge in [0, 0.05) is 0 Å². The Morgan fingerprint density at radius 2 is 2.00 bits per heavy atom. The lowest BCUT2D eigenvalue weighted by Crippen LogP contribution is -2.38. The molecule has 0 aliphatic carbocycles. The van der Waals surface area contributed by atoms with Crippen molar-refractivity contribution in [3.63, 3.8) is 0 Å². The average molecular weight is 276 g/mol. The van der Waals surface area contributed by atoms with E-state index in [1.54, 1.807) is 18.2 Å². The zero-order chi connectivity index (χ0) is 14.3. The fourth-order valence-electron chi connectivity index (χ4n) is 1.90. The number of furan rings is 1. The summed E-state index contributed by atoms with van der Waals surface area (Å²) in [6.07, 6.45) is -1.26. The van der Waals surface area contributed by atoms with Crippen molar-refractivity contribution in [2.75, 3.05) is 0 Å². The molecule has 3 rings (SSSR count). The Morgan fingerprint density at radius 1 is 1.25 bits per heavy atom. The number of hydrogen-bond acceptors (Lipinski definition) is 6. The third kappa shape index (κ3) is 1.79. The third-order valence-corrected chi connectivity index (χ3v) is 2.82. The molecule has 102 valence electrons. The second-order valence-electron chi connectivity index (χ2n) is 4.05. The van der Waals surface area contributed by atoms with Gasteiger partial charge in [-0.1, -0.05) is 12.1 Å². The summed E-state index contributed by atoms with van der Waals surface area (Å²) >= 11 is 0. The van der Waals surface area contributed by atoms with Gasteiger partial charge in [-0.05, 0) is 18.2 Å². The molecule has 2 heterocycles. The molecular formula is C12H8N2O6. The molecule has 0 saturated heterocycles. The first-order valence-electron chi connectivity index (χ1n) is 5.60. The van der Waals surface area contributed by atoms with Crippen LogP contribution in [0.4, 0.5) is 5.88 Å². The highest BCUT2D eigenvalue weighted by Crippen LogP contribution is 2.35. The normalized spacial score (nSPS) is 17.6. The predicted octanol–water partition coefficient (Wildman–Crippen LogP) is 2.11. The number of carbonyl (C=O) groups is 1. The molecule has 0 saturated carbocycles. The van der Waals surface area contributed by atoms with Crippen molar-refractivity contribution < 1.29 is 24.1 Å². The molecule has 0 fully saturated rings. The first-order valence-corrected chi connectivity index (χ1v) is 5.60. The maximum absolute atomic E-state index is 12.0.